The lowest BCUT2D eigenvalue weighted by Gasteiger charge is -2.12. The van der Waals surface area contributed by atoms with E-state index in [1.54, 1.807) is 12.3 Å². The highest BCUT2D eigenvalue weighted by Crippen LogP contribution is 2.13. The van der Waals surface area contributed by atoms with Crippen LogP contribution in [0.15, 0.2) is 42.6 Å². The maximum atomic E-state index is 9.91. The third-order valence-corrected chi connectivity index (χ3v) is 2.47. The SMILES string of the molecule is O[C@H](CNc1ccnc(Cl)n1)c1ccccc1. The van der Waals surface area contributed by atoms with Crippen molar-refractivity contribution in [2.75, 3.05) is 11.9 Å². The summed E-state index contributed by atoms with van der Waals surface area (Å²) >= 11 is 5.65. The topological polar surface area (TPSA) is 58.0 Å². The summed E-state index contributed by atoms with van der Waals surface area (Å²) in [6.45, 7) is 0.372. The molecule has 4 nitrogen and oxygen atoms in total. The van der Waals surface area contributed by atoms with Gasteiger partial charge in [-0.2, -0.15) is 0 Å². The van der Waals surface area contributed by atoms with E-state index < -0.39 is 6.10 Å². The average molecular weight is 250 g/mol. The Morgan fingerprint density at radius 2 is 2.00 bits per heavy atom. The highest BCUT2D eigenvalue weighted by Gasteiger charge is 2.06. The normalized spacial score (nSPS) is 12.1. The molecule has 0 spiro atoms. The molecule has 0 bridgehead atoms. The van der Waals surface area contributed by atoms with E-state index in [-0.39, 0.29) is 5.28 Å². The largest absolute Gasteiger partial charge is 0.387 e. The van der Waals surface area contributed by atoms with Crippen LogP contribution in [0.25, 0.3) is 0 Å². The summed E-state index contributed by atoms with van der Waals surface area (Å²) in [7, 11) is 0. The Balaban J connectivity index is 1.95. The zero-order chi connectivity index (χ0) is 12.1. The summed E-state index contributed by atoms with van der Waals surface area (Å²) in [6.07, 6.45) is 0.983. The molecule has 0 aliphatic carbocycles. The third-order valence-electron chi connectivity index (χ3n) is 2.29. The molecule has 2 rings (SSSR count). The summed E-state index contributed by atoms with van der Waals surface area (Å²) in [4.78, 5) is 7.75. The van der Waals surface area contributed by atoms with Gasteiger partial charge in [0, 0.05) is 12.7 Å². The van der Waals surface area contributed by atoms with Crippen molar-refractivity contribution in [2.24, 2.45) is 0 Å². The van der Waals surface area contributed by atoms with Gasteiger partial charge in [-0.05, 0) is 23.2 Å². The van der Waals surface area contributed by atoms with E-state index in [0.29, 0.717) is 12.4 Å². The van der Waals surface area contributed by atoms with Gasteiger partial charge in [-0.15, -0.1) is 0 Å². The van der Waals surface area contributed by atoms with E-state index in [1.807, 2.05) is 30.3 Å². The zero-order valence-corrected chi connectivity index (χ0v) is 9.80. The van der Waals surface area contributed by atoms with Crippen LogP contribution >= 0.6 is 11.6 Å². The molecule has 0 aliphatic heterocycles. The number of rotatable bonds is 4. The zero-order valence-electron chi connectivity index (χ0n) is 9.05. The van der Waals surface area contributed by atoms with E-state index in [0.717, 1.165) is 5.56 Å². The molecule has 17 heavy (non-hydrogen) atoms. The maximum absolute atomic E-state index is 9.91. The second-order valence-electron chi connectivity index (χ2n) is 3.52. The number of anilines is 1. The number of hydrogen-bond acceptors (Lipinski definition) is 4. The average Bonchev–Trinajstić information content (AvgIpc) is 2.37. The lowest BCUT2D eigenvalue weighted by atomic mass is 10.1. The second-order valence-corrected chi connectivity index (χ2v) is 3.86. The Morgan fingerprint density at radius 1 is 1.24 bits per heavy atom. The predicted octanol–water partition coefficient (Wildman–Crippen LogP) is 2.28. The summed E-state index contributed by atoms with van der Waals surface area (Å²) in [5.41, 5.74) is 0.861. The molecule has 0 aliphatic rings. The van der Waals surface area contributed by atoms with Crippen LogP contribution in [0.2, 0.25) is 5.28 Å². The molecule has 2 aromatic rings. The van der Waals surface area contributed by atoms with Gasteiger partial charge in [-0.3, -0.25) is 0 Å². The van der Waals surface area contributed by atoms with Crippen LogP contribution < -0.4 is 5.32 Å². The van der Waals surface area contributed by atoms with Crippen molar-refractivity contribution < 1.29 is 5.11 Å². The number of aliphatic hydroxyl groups excluding tert-OH is 1. The van der Waals surface area contributed by atoms with Gasteiger partial charge in [-0.25, -0.2) is 9.97 Å². The van der Waals surface area contributed by atoms with E-state index in [2.05, 4.69) is 15.3 Å². The molecule has 1 atom stereocenters. The van der Waals surface area contributed by atoms with Crippen LogP contribution in [-0.2, 0) is 0 Å². The van der Waals surface area contributed by atoms with Gasteiger partial charge in [0.2, 0.25) is 5.28 Å². The molecule has 0 fully saturated rings. The Bertz CT molecular complexity index is 478. The third kappa shape index (κ3) is 3.41. The predicted molar refractivity (Wildman–Crippen MR) is 66.9 cm³/mol. The number of nitrogens with one attached hydrogen (secondary N) is 1. The van der Waals surface area contributed by atoms with Crippen molar-refractivity contribution in [3.05, 3.63) is 53.4 Å². The number of aliphatic hydroxyl groups is 1. The summed E-state index contributed by atoms with van der Waals surface area (Å²) in [5, 5.41) is 13.1. The first-order chi connectivity index (χ1) is 8.25. The first-order valence-corrected chi connectivity index (χ1v) is 5.59. The number of nitrogens with zero attached hydrogens (tertiary/aromatic N) is 2. The van der Waals surface area contributed by atoms with Gasteiger partial charge in [0.05, 0.1) is 6.10 Å². The molecule has 0 unspecified atom stereocenters. The van der Waals surface area contributed by atoms with Gasteiger partial charge >= 0.3 is 0 Å². The van der Waals surface area contributed by atoms with E-state index >= 15 is 0 Å². The minimum absolute atomic E-state index is 0.184. The molecule has 5 heteroatoms. The van der Waals surface area contributed by atoms with Gasteiger partial charge in [0.15, 0.2) is 0 Å². The summed E-state index contributed by atoms with van der Waals surface area (Å²) in [6, 6.07) is 11.1. The van der Waals surface area contributed by atoms with Crippen molar-refractivity contribution in [3.8, 4) is 0 Å². The molecule has 0 radical (unpaired) electrons. The molecular formula is C12H12ClN3O. The molecule has 0 amide bonds. The van der Waals surface area contributed by atoms with E-state index in [4.69, 9.17) is 11.6 Å². The lowest BCUT2D eigenvalue weighted by Crippen LogP contribution is -2.12. The van der Waals surface area contributed by atoms with Crippen LogP contribution in [-0.4, -0.2) is 21.6 Å². The molecule has 2 N–H and O–H groups in total. The standard InChI is InChI=1S/C12H12ClN3O/c13-12-14-7-6-11(16-12)15-8-10(17)9-4-2-1-3-5-9/h1-7,10,17H,8H2,(H,14,15,16)/t10-/m1/s1. The number of aromatic nitrogens is 2. The molecule has 0 saturated carbocycles. The minimum Gasteiger partial charge on any atom is -0.387 e. The number of hydrogen-bond donors (Lipinski definition) is 2. The maximum Gasteiger partial charge on any atom is 0.224 e. The highest BCUT2D eigenvalue weighted by molar-refractivity contribution is 6.28. The summed E-state index contributed by atoms with van der Waals surface area (Å²) < 4.78 is 0. The molecule has 88 valence electrons. The van der Waals surface area contributed by atoms with Gasteiger partial charge in [-0.1, -0.05) is 30.3 Å². The fourth-order valence-corrected chi connectivity index (χ4v) is 1.58. The number of benzene rings is 1. The van der Waals surface area contributed by atoms with Crippen molar-refractivity contribution >= 4 is 17.4 Å². The van der Waals surface area contributed by atoms with Crippen molar-refractivity contribution in [1.29, 1.82) is 0 Å². The molecular weight excluding hydrogens is 238 g/mol. The monoisotopic (exact) mass is 249 g/mol. The van der Waals surface area contributed by atoms with Crippen LogP contribution in [0.4, 0.5) is 5.82 Å². The first kappa shape index (κ1) is 11.8. The number of halogens is 1. The fraction of sp³-hybridized carbons (Fsp3) is 0.167. The highest BCUT2D eigenvalue weighted by atomic mass is 35.5. The molecule has 1 aromatic carbocycles. The van der Waals surface area contributed by atoms with Crippen LogP contribution in [0.3, 0.4) is 0 Å². The second kappa shape index (κ2) is 5.61. The minimum atomic E-state index is -0.579. The van der Waals surface area contributed by atoms with Crippen molar-refractivity contribution in [2.45, 2.75) is 6.10 Å². The molecule has 1 heterocycles. The Morgan fingerprint density at radius 3 is 2.71 bits per heavy atom. The fourth-order valence-electron chi connectivity index (χ4n) is 1.43. The Hall–Kier alpha value is -1.65. The van der Waals surface area contributed by atoms with Crippen LogP contribution in [0.5, 0.6) is 0 Å². The van der Waals surface area contributed by atoms with Crippen LogP contribution in [0, 0.1) is 0 Å². The lowest BCUT2D eigenvalue weighted by molar-refractivity contribution is 0.191. The van der Waals surface area contributed by atoms with Gasteiger partial charge in [0.1, 0.15) is 5.82 Å². The Kier molecular flexibility index (Phi) is 3.90. The quantitative estimate of drug-likeness (QED) is 0.817. The van der Waals surface area contributed by atoms with E-state index in [9.17, 15) is 5.11 Å². The smallest absolute Gasteiger partial charge is 0.224 e. The van der Waals surface area contributed by atoms with E-state index in [1.165, 1.54) is 0 Å². The van der Waals surface area contributed by atoms with Gasteiger partial charge < -0.3 is 10.4 Å². The van der Waals surface area contributed by atoms with Gasteiger partial charge in [0.25, 0.3) is 0 Å². The van der Waals surface area contributed by atoms with Crippen molar-refractivity contribution in [3.63, 3.8) is 0 Å². The Labute approximate surface area is 104 Å². The molecule has 0 saturated heterocycles. The summed E-state index contributed by atoms with van der Waals surface area (Å²) in [5.74, 6) is 0.597. The van der Waals surface area contributed by atoms with Crippen LogP contribution in [0.1, 0.15) is 11.7 Å². The van der Waals surface area contributed by atoms with Crippen molar-refractivity contribution in [1.82, 2.24) is 9.97 Å². The first-order valence-electron chi connectivity index (χ1n) is 5.21. The molecule has 1 aromatic heterocycles.